The van der Waals surface area contributed by atoms with Crippen molar-refractivity contribution in [2.45, 2.75) is 264 Å². The molecule has 0 aromatic carbocycles. The first kappa shape index (κ1) is 67.9. The Bertz CT molecular complexity index is 2460. The van der Waals surface area contributed by atoms with E-state index in [1.165, 1.54) is 11.6 Å². The highest BCUT2D eigenvalue weighted by molar-refractivity contribution is 5.83. The fourth-order valence-corrected chi connectivity index (χ4v) is 17.0. The maximum absolute atomic E-state index is 14.4. The van der Waals surface area contributed by atoms with Gasteiger partial charge in [-0.2, -0.15) is 0 Å². The van der Waals surface area contributed by atoms with Gasteiger partial charge in [-0.25, -0.2) is 9.59 Å². The molecular formula is C63H100O22. The number of unbranched alkanes of at least 4 members (excludes halogenated alkanes) is 1. The zero-order chi connectivity index (χ0) is 62.7. The lowest BCUT2D eigenvalue weighted by Crippen LogP contribution is -2.74. The second-order valence-corrected chi connectivity index (χ2v) is 28.3. The molecule has 0 bridgehead atoms. The molecule has 0 radical (unpaired) electrons. The van der Waals surface area contributed by atoms with E-state index >= 15 is 0 Å². The van der Waals surface area contributed by atoms with Crippen LogP contribution >= 0.6 is 0 Å². The highest BCUT2D eigenvalue weighted by Crippen LogP contribution is 2.76. The Hall–Kier alpha value is -3.01. The van der Waals surface area contributed by atoms with Gasteiger partial charge in [0.25, 0.3) is 0 Å². The van der Waals surface area contributed by atoms with Crippen molar-refractivity contribution >= 4 is 17.9 Å². The lowest BCUT2D eigenvalue weighted by Gasteiger charge is -2.73. The van der Waals surface area contributed by atoms with Crippen LogP contribution in [-0.2, 0) is 57.0 Å². The quantitative estimate of drug-likeness (QED) is 0.0235. The van der Waals surface area contributed by atoms with E-state index in [2.05, 4.69) is 60.6 Å². The van der Waals surface area contributed by atoms with Gasteiger partial charge in [0.15, 0.2) is 37.2 Å². The van der Waals surface area contributed by atoms with E-state index in [4.69, 9.17) is 42.6 Å². The Balaban J connectivity index is 1.13. The molecule has 8 aliphatic rings. The van der Waals surface area contributed by atoms with E-state index in [-0.39, 0.29) is 23.9 Å². The number of rotatable bonds is 18. The van der Waals surface area contributed by atoms with Crippen LogP contribution in [0.25, 0.3) is 0 Å². The topological polar surface area (TPSA) is 337 Å². The average Bonchev–Trinajstić information content (AvgIpc) is 0.682. The molecule has 8 rings (SSSR count). The Kier molecular flexibility index (Phi) is 20.8. The molecule has 0 unspecified atom stereocenters. The number of fused-ring (bicyclic) bond motifs is 7. The van der Waals surface area contributed by atoms with Crippen molar-refractivity contribution in [2.24, 2.45) is 50.2 Å². The maximum Gasteiger partial charge on any atom is 0.338 e. The summed E-state index contributed by atoms with van der Waals surface area (Å²) in [5.41, 5.74) is -1.59. The molecule has 0 aromatic rings. The van der Waals surface area contributed by atoms with Crippen molar-refractivity contribution in [2.75, 3.05) is 26.4 Å². The van der Waals surface area contributed by atoms with Crippen molar-refractivity contribution < 1.29 is 108 Å². The molecule has 5 aliphatic carbocycles. The number of hydrogen-bond acceptors (Lipinski definition) is 22. The molecule has 0 aromatic heterocycles. The monoisotopic (exact) mass is 1210 g/mol. The van der Waals surface area contributed by atoms with Gasteiger partial charge >= 0.3 is 17.9 Å². The highest BCUT2D eigenvalue weighted by Gasteiger charge is 2.75. The third kappa shape index (κ3) is 12.4. The van der Waals surface area contributed by atoms with E-state index in [1.807, 2.05) is 27.7 Å². The molecule has 10 N–H and O–H groups in total. The largest absolute Gasteiger partial charge is 0.464 e. The lowest BCUT2D eigenvalue weighted by atomic mass is 9.32. The van der Waals surface area contributed by atoms with E-state index < -0.39 is 181 Å². The molecule has 22 nitrogen and oxygen atoms in total. The van der Waals surface area contributed by atoms with Crippen LogP contribution in [0.1, 0.15) is 154 Å². The van der Waals surface area contributed by atoms with Crippen LogP contribution in [0, 0.1) is 50.2 Å². The maximum atomic E-state index is 14.4. The van der Waals surface area contributed by atoms with Gasteiger partial charge in [-0.3, -0.25) is 4.79 Å². The van der Waals surface area contributed by atoms with Gasteiger partial charge in [-0.05, 0) is 124 Å². The number of allylic oxidation sites excluding steroid dienone is 4. The van der Waals surface area contributed by atoms with Gasteiger partial charge in [0.2, 0.25) is 0 Å². The van der Waals surface area contributed by atoms with Crippen molar-refractivity contribution in [3.8, 4) is 0 Å². The Labute approximate surface area is 500 Å². The minimum absolute atomic E-state index is 0.0579. The summed E-state index contributed by atoms with van der Waals surface area (Å²) in [5.74, 6) is -3.07. The fraction of sp³-hybridized carbons (Fsp3) is 0.857. The second-order valence-electron chi connectivity index (χ2n) is 28.3. The van der Waals surface area contributed by atoms with Crippen LogP contribution in [0.2, 0.25) is 0 Å². The predicted molar refractivity (Wildman–Crippen MR) is 303 cm³/mol. The molecule has 484 valence electrons. The second kappa shape index (κ2) is 26.1. The number of aliphatic hydroxyl groups excluding tert-OH is 10. The summed E-state index contributed by atoms with van der Waals surface area (Å²) in [6.45, 7) is 22.0. The Morgan fingerprint density at radius 3 is 2.05 bits per heavy atom. The molecule has 0 spiro atoms. The number of carbonyl (C=O) groups excluding carboxylic acids is 3. The third-order valence-electron chi connectivity index (χ3n) is 21.8. The van der Waals surface area contributed by atoms with Crippen LogP contribution in [0.4, 0.5) is 0 Å². The van der Waals surface area contributed by atoms with Crippen molar-refractivity contribution in [3.05, 3.63) is 34.9 Å². The first-order valence-corrected chi connectivity index (χ1v) is 30.9. The van der Waals surface area contributed by atoms with Gasteiger partial charge in [-0.15, -0.1) is 0 Å². The SMILES string of the molecule is CCCCOC(=O)[C@H]1O[C@@H](O[C@H]2CC[C@]3(C)[C@H]4CC=C5[C@@H]6CC(C)(C)C[C@H](OC(=O)/C=C(/C)CCC=C(C)C)[C@]6(CO)[C@H](O)[C@H](O)[C@@]5(C)[C@]4(C)CC[C@H]3C2(C)C)[C@H](O[C@@H]2O[C@H](CO)[C@@H](O)[C@H](O)[C@H]2O)[C@@H](OC(C)=O)[C@@H]1O[C@@H]1OC[C@H](O)[C@H](O)[C@H]1O. The molecular weight excluding hydrogens is 1110 g/mol. The van der Waals surface area contributed by atoms with E-state index in [1.54, 1.807) is 0 Å². The van der Waals surface area contributed by atoms with E-state index in [9.17, 15) is 65.4 Å². The number of aliphatic hydroxyl groups is 10. The van der Waals surface area contributed by atoms with Gasteiger partial charge in [-0.1, -0.05) is 90.7 Å². The average molecular weight is 1210 g/mol. The molecule has 0 amide bonds. The fourth-order valence-electron chi connectivity index (χ4n) is 17.0. The van der Waals surface area contributed by atoms with Gasteiger partial charge in [0, 0.05) is 18.4 Å². The summed E-state index contributed by atoms with van der Waals surface area (Å²) < 4.78 is 55.9. The molecule has 25 atom stereocenters. The first-order chi connectivity index (χ1) is 39.8. The molecule has 3 aliphatic heterocycles. The Morgan fingerprint density at radius 1 is 0.718 bits per heavy atom. The first-order valence-electron chi connectivity index (χ1n) is 30.9. The summed E-state index contributed by atoms with van der Waals surface area (Å²) in [4.78, 5) is 41.5. The van der Waals surface area contributed by atoms with Crippen LogP contribution in [0.5, 0.6) is 0 Å². The number of hydrogen-bond donors (Lipinski definition) is 10. The van der Waals surface area contributed by atoms with Crippen LogP contribution < -0.4 is 0 Å². The Morgan fingerprint density at radius 2 is 1.40 bits per heavy atom. The molecule has 3 saturated heterocycles. The minimum atomic E-state index is -1.98. The number of esters is 3. The van der Waals surface area contributed by atoms with Crippen molar-refractivity contribution in [1.29, 1.82) is 0 Å². The normalized spacial score (nSPS) is 45.8. The summed E-state index contributed by atoms with van der Waals surface area (Å²) in [5, 5.41) is 113. The summed E-state index contributed by atoms with van der Waals surface area (Å²) >= 11 is 0. The molecule has 4 saturated carbocycles. The van der Waals surface area contributed by atoms with Gasteiger partial charge in [0.05, 0.1) is 50.2 Å². The lowest BCUT2D eigenvalue weighted by molar-refractivity contribution is -0.388. The van der Waals surface area contributed by atoms with Crippen LogP contribution in [0.15, 0.2) is 34.9 Å². The van der Waals surface area contributed by atoms with Crippen molar-refractivity contribution in [1.82, 2.24) is 0 Å². The van der Waals surface area contributed by atoms with Crippen LogP contribution in [0.3, 0.4) is 0 Å². The molecule has 3 heterocycles. The van der Waals surface area contributed by atoms with Crippen molar-refractivity contribution in [3.63, 3.8) is 0 Å². The van der Waals surface area contributed by atoms with Gasteiger partial charge < -0.3 is 93.7 Å². The number of ether oxygens (including phenoxy) is 9. The molecule has 7 fully saturated rings. The summed E-state index contributed by atoms with van der Waals surface area (Å²) in [7, 11) is 0. The van der Waals surface area contributed by atoms with Gasteiger partial charge in [0.1, 0.15) is 54.9 Å². The number of carbonyl (C=O) groups is 3. The predicted octanol–water partition coefficient (Wildman–Crippen LogP) is 3.33. The van der Waals surface area contributed by atoms with E-state index in [0.29, 0.717) is 64.2 Å². The van der Waals surface area contributed by atoms with Crippen LogP contribution in [-0.4, -0.2) is 206 Å². The summed E-state index contributed by atoms with van der Waals surface area (Å²) in [6.07, 6.45) is -17.1. The van der Waals surface area contributed by atoms with E-state index in [0.717, 1.165) is 24.5 Å². The standard InChI is InChI=1S/C63H100O22/c1-13-14-24-77-54(76)50-48(83-55-46(72)43(69)36(67)29-78-55)49(79-33(5)66)51(85-56-47(73)45(71)44(70)37(28-64)80-56)57(84-50)82-40-21-22-60(10)38(59(40,8)9)20-23-61(11)39(60)19-18-34-35-26-58(6,7)27-41(63(35,30-65)53(75)52(74)62(34,61)12)81-42(68)25-32(4)17-15-16-31(2)3/h16,18,25,35-41,43-53,55-57,64-65,67,69-75H,13-15,17,19-24,26-30H2,1-12H3/b32-25-/t35-,36-,37+,38-,39+,40-,41-,43-,44+,45-,46+,47+,48-,49-,50-,51+,52-,53+,55-,56-,57+,60-,61+,62-,63+/m0/s1. The zero-order valence-corrected chi connectivity index (χ0v) is 51.8. The zero-order valence-electron chi connectivity index (χ0n) is 51.8. The third-order valence-corrected chi connectivity index (χ3v) is 21.8. The highest BCUT2D eigenvalue weighted by atomic mass is 16.8. The molecule has 85 heavy (non-hydrogen) atoms. The minimum Gasteiger partial charge on any atom is -0.464 e. The smallest absolute Gasteiger partial charge is 0.338 e. The molecule has 22 heteroatoms. The summed E-state index contributed by atoms with van der Waals surface area (Å²) in [6, 6.07) is 0.